The molecule has 1 amide bonds. The highest BCUT2D eigenvalue weighted by atomic mass is 16.2. The number of hydrogen-bond acceptors (Lipinski definition) is 2. The number of carbonyl (C=O) groups excluding carboxylic acids is 2. The molecule has 1 rings (SSSR count). The zero-order valence-corrected chi connectivity index (χ0v) is 6.99. The van der Waals surface area contributed by atoms with E-state index in [1.54, 1.807) is 30.3 Å². The van der Waals surface area contributed by atoms with E-state index in [1.807, 2.05) is 0 Å². The van der Waals surface area contributed by atoms with Gasteiger partial charge in [-0.1, -0.05) is 30.3 Å². The van der Waals surface area contributed by atoms with E-state index in [-0.39, 0.29) is 6.54 Å². The zero-order valence-electron chi connectivity index (χ0n) is 6.99. The van der Waals surface area contributed by atoms with Gasteiger partial charge in [0.15, 0.2) is 0 Å². The molecule has 0 heterocycles. The lowest BCUT2D eigenvalue weighted by Gasteiger charge is -1.99. The van der Waals surface area contributed by atoms with Crippen LogP contribution in [0.15, 0.2) is 30.3 Å². The first-order chi connectivity index (χ1) is 6.25. The molecule has 66 valence electrons. The van der Waals surface area contributed by atoms with Gasteiger partial charge in [0.2, 0.25) is 5.78 Å². The molecule has 13 heavy (non-hydrogen) atoms. The molecule has 0 aliphatic heterocycles. The predicted octanol–water partition coefficient (Wildman–Crippen LogP) is 0.697. The van der Waals surface area contributed by atoms with Crippen LogP contribution in [-0.2, 0) is 4.79 Å². The van der Waals surface area contributed by atoms with Crippen molar-refractivity contribution in [2.45, 2.75) is 0 Å². The molecule has 0 saturated heterocycles. The van der Waals surface area contributed by atoms with Crippen molar-refractivity contribution in [3.63, 3.8) is 0 Å². The SMILES string of the molecule is [CH]CNC(=O)C(=O)c1ccccc1. The van der Waals surface area contributed by atoms with Gasteiger partial charge < -0.3 is 5.32 Å². The van der Waals surface area contributed by atoms with Crippen molar-refractivity contribution in [1.29, 1.82) is 0 Å². The zero-order chi connectivity index (χ0) is 9.68. The van der Waals surface area contributed by atoms with Gasteiger partial charge in [-0.15, -0.1) is 0 Å². The van der Waals surface area contributed by atoms with E-state index in [0.717, 1.165) is 0 Å². The van der Waals surface area contributed by atoms with Crippen molar-refractivity contribution in [3.8, 4) is 0 Å². The Morgan fingerprint density at radius 2 is 1.85 bits per heavy atom. The van der Waals surface area contributed by atoms with Crippen LogP contribution in [-0.4, -0.2) is 18.2 Å². The maximum absolute atomic E-state index is 11.3. The third kappa shape index (κ3) is 2.40. The molecule has 0 aliphatic rings. The first kappa shape index (κ1) is 9.45. The van der Waals surface area contributed by atoms with Gasteiger partial charge in [0, 0.05) is 12.1 Å². The van der Waals surface area contributed by atoms with Crippen LogP contribution in [0.4, 0.5) is 0 Å². The molecular formula is C10H9NO2. The Hall–Kier alpha value is -1.64. The average molecular weight is 175 g/mol. The number of ketones is 1. The molecule has 0 bridgehead atoms. The van der Waals surface area contributed by atoms with E-state index in [9.17, 15) is 9.59 Å². The van der Waals surface area contributed by atoms with Crippen molar-refractivity contribution in [1.82, 2.24) is 5.32 Å². The van der Waals surface area contributed by atoms with E-state index in [1.165, 1.54) is 0 Å². The standard InChI is InChI=1S/C10H9NO2/c1-2-11-10(13)9(12)8-6-4-3-5-7-8/h1,3-7H,2H2,(H,11,13). The van der Waals surface area contributed by atoms with Crippen LogP contribution in [0.25, 0.3) is 0 Å². The van der Waals surface area contributed by atoms with Crippen molar-refractivity contribution < 1.29 is 9.59 Å². The summed E-state index contributed by atoms with van der Waals surface area (Å²) in [6, 6.07) is 8.33. The highest BCUT2D eigenvalue weighted by molar-refractivity contribution is 6.42. The summed E-state index contributed by atoms with van der Waals surface area (Å²) in [6.07, 6.45) is 0. The first-order valence-electron chi connectivity index (χ1n) is 3.83. The number of nitrogens with one attached hydrogen (secondary N) is 1. The van der Waals surface area contributed by atoms with Gasteiger partial charge in [-0.25, -0.2) is 0 Å². The van der Waals surface area contributed by atoms with Crippen LogP contribution >= 0.6 is 0 Å². The predicted molar refractivity (Wildman–Crippen MR) is 48.1 cm³/mol. The molecule has 3 heteroatoms. The minimum absolute atomic E-state index is 0.0304. The Morgan fingerprint density at radius 3 is 2.38 bits per heavy atom. The Balaban J connectivity index is 2.74. The van der Waals surface area contributed by atoms with Crippen molar-refractivity contribution in [3.05, 3.63) is 42.8 Å². The minimum Gasteiger partial charge on any atom is -0.349 e. The smallest absolute Gasteiger partial charge is 0.292 e. The molecule has 0 aromatic heterocycles. The molecule has 0 atom stereocenters. The number of rotatable bonds is 3. The fraction of sp³-hybridized carbons (Fsp3) is 0.100. The van der Waals surface area contributed by atoms with Crippen LogP contribution in [0.1, 0.15) is 10.4 Å². The summed E-state index contributed by atoms with van der Waals surface area (Å²) in [7, 11) is 0. The molecule has 2 radical (unpaired) electrons. The number of benzene rings is 1. The van der Waals surface area contributed by atoms with Gasteiger partial charge in [-0.3, -0.25) is 9.59 Å². The third-order valence-electron chi connectivity index (χ3n) is 1.50. The number of hydrogen-bond donors (Lipinski definition) is 1. The van der Waals surface area contributed by atoms with Gasteiger partial charge in [0.05, 0.1) is 0 Å². The molecular weight excluding hydrogens is 166 g/mol. The summed E-state index contributed by atoms with van der Waals surface area (Å²) in [5.74, 6) is -1.24. The van der Waals surface area contributed by atoms with Crippen molar-refractivity contribution in [2.24, 2.45) is 0 Å². The second-order valence-electron chi connectivity index (χ2n) is 2.41. The number of Topliss-reactive ketones (excluding diaryl/α,β-unsaturated/α-hetero) is 1. The molecule has 0 saturated carbocycles. The third-order valence-corrected chi connectivity index (χ3v) is 1.50. The van der Waals surface area contributed by atoms with Gasteiger partial charge in [-0.2, -0.15) is 0 Å². The lowest BCUT2D eigenvalue weighted by molar-refractivity contribution is -0.116. The van der Waals surface area contributed by atoms with E-state index in [0.29, 0.717) is 5.56 Å². The molecule has 0 aliphatic carbocycles. The van der Waals surface area contributed by atoms with Gasteiger partial charge in [0.1, 0.15) is 0 Å². The summed E-state index contributed by atoms with van der Waals surface area (Å²) in [4.78, 5) is 22.3. The highest BCUT2D eigenvalue weighted by Gasteiger charge is 2.13. The molecule has 1 aromatic rings. The largest absolute Gasteiger partial charge is 0.349 e. The first-order valence-corrected chi connectivity index (χ1v) is 3.83. The van der Waals surface area contributed by atoms with Crippen LogP contribution in [0.2, 0.25) is 0 Å². The van der Waals surface area contributed by atoms with Crippen LogP contribution in [0.5, 0.6) is 0 Å². The van der Waals surface area contributed by atoms with Crippen LogP contribution in [0.3, 0.4) is 0 Å². The fourth-order valence-electron chi connectivity index (χ4n) is 0.894. The summed E-state index contributed by atoms with van der Waals surface area (Å²) in [6.45, 7) is 5.03. The summed E-state index contributed by atoms with van der Waals surface area (Å²) in [5.41, 5.74) is 0.369. The Bertz CT molecular complexity index is 306. The summed E-state index contributed by atoms with van der Waals surface area (Å²) in [5, 5.41) is 2.23. The lowest BCUT2D eigenvalue weighted by atomic mass is 10.1. The van der Waals surface area contributed by atoms with Crippen molar-refractivity contribution >= 4 is 11.7 Å². The molecule has 0 spiro atoms. The number of carbonyl (C=O) groups is 2. The van der Waals surface area contributed by atoms with E-state index in [2.05, 4.69) is 5.32 Å². The topological polar surface area (TPSA) is 46.2 Å². The lowest BCUT2D eigenvalue weighted by Crippen LogP contribution is -2.30. The Kier molecular flexibility index (Phi) is 3.20. The minimum atomic E-state index is -0.672. The van der Waals surface area contributed by atoms with Gasteiger partial charge >= 0.3 is 0 Å². The second kappa shape index (κ2) is 4.40. The molecule has 1 aromatic carbocycles. The fourth-order valence-corrected chi connectivity index (χ4v) is 0.894. The monoisotopic (exact) mass is 175 g/mol. The average Bonchev–Trinajstić information content (AvgIpc) is 2.18. The Morgan fingerprint density at radius 1 is 1.23 bits per heavy atom. The van der Waals surface area contributed by atoms with E-state index in [4.69, 9.17) is 6.92 Å². The summed E-state index contributed by atoms with van der Waals surface area (Å²) >= 11 is 0. The quantitative estimate of drug-likeness (QED) is 0.543. The van der Waals surface area contributed by atoms with Crippen LogP contribution in [0, 0.1) is 6.92 Å². The maximum atomic E-state index is 11.3. The van der Waals surface area contributed by atoms with Crippen LogP contribution < -0.4 is 5.32 Å². The molecule has 1 N–H and O–H groups in total. The van der Waals surface area contributed by atoms with E-state index >= 15 is 0 Å². The van der Waals surface area contributed by atoms with Gasteiger partial charge in [0.25, 0.3) is 5.91 Å². The van der Waals surface area contributed by atoms with Gasteiger partial charge in [-0.05, 0) is 6.92 Å². The molecule has 0 unspecified atom stereocenters. The summed E-state index contributed by atoms with van der Waals surface area (Å²) < 4.78 is 0. The molecule has 0 fully saturated rings. The maximum Gasteiger partial charge on any atom is 0.292 e. The van der Waals surface area contributed by atoms with E-state index < -0.39 is 11.7 Å². The number of amides is 1. The highest BCUT2D eigenvalue weighted by Crippen LogP contribution is 1.99. The Labute approximate surface area is 76.8 Å². The second-order valence-corrected chi connectivity index (χ2v) is 2.41. The van der Waals surface area contributed by atoms with Crippen molar-refractivity contribution in [2.75, 3.05) is 6.54 Å². The normalized spacial score (nSPS) is 9.31. The molecule has 3 nitrogen and oxygen atoms in total.